The molecule has 0 aliphatic heterocycles. The topological polar surface area (TPSA) is 20.2 Å². The first-order valence-corrected chi connectivity index (χ1v) is 4.79. The van der Waals surface area contributed by atoms with Gasteiger partial charge in [0.15, 0.2) is 0 Å². The molecule has 0 heterocycles. The lowest BCUT2D eigenvalue weighted by atomic mass is 10.1. The van der Waals surface area contributed by atoms with Gasteiger partial charge >= 0.3 is 0 Å². The van der Waals surface area contributed by atoms with Gasteiger partial charge in [-0.2, -0.15) is 0 Å². The first-order chi connectivity index (χ1) is 5.16. The van der Waals surface area contributed by atoms with Gasteiger partial charge in [-0.3, -0.25) is 0 Å². The number of hydrogen-bond donors (Lipinski definition) is 1. The molecule has 0 aliphatic carbocycles. The first kappa shape index (κ1) is 9.23. The summed E-state index contributed by atoms with van der Waals surface area (Å²) in [6.45, 7) is 2.05. The summed E-state index contributed by atoms with van der Waals surface area (Å²) in [5, 5.41) is 8.96. The van der Waals surface area contributed by atoms with Crippen molar-refractivity contribution in [3.8, 4) is 0 Å². The van der Waals surface area contributed by atoms with Gasteiger partial charge in [-0.05, 0) is 18.6 Å². The van der Waals surface area contributed by atoms with Crippen LogP contribution in [0.2, 0.25) is 0 Å². The second-order valence-corrected chi connectivity index (χ2v) is 3.96. The number of benzene rings is 1. The predicted molar refractivity (Wildman–Crippen MR) is 52.5 cm³/mol. The third-order valence-electron chi connectivity index (χ3n) is 1.54. The van der Waals surface area contributed by atoms with E-state index in [2.05, 4.69) is 31.9 Å². The van der Waals surface area contributed by atoms with Crippen LogP contribution in [0.5, 0.6) is 0 Å². The summed E-state index contributed by atoms with van der Waals surface area (Å²) in [5.74, 6) is 0. The van der Waals surface area contributed by atoms with Crippen molar-refractivity contribution < 1.29 is 5.11 Å². The standard InChI is InChI=1S/C8H8Br2O/c1-5-2-3-7(9)6(4-11)8(5)10/h2-3,11H,4H2,1H3. The zero-order chi connectivity index (χ0) is 8.43. The molecule has 0 unspecified atom stereocenters. The second-order valence-electron chi connectivity index (χ2n) is 2.31. The second kappa shape index (κ2) is 3.70. The molecule has 0 saturated carbocycles. The third kappa shape index (κ3) is 1.83. The summed E-state index contributed by atoms with van der Waals surface area (Å²) in [7, 11) is 0. The van der Waals surface area contributed by atoms with E-state index in [0.29, 0.717) is 0 Å². The Kier molecular flexibility index (Phi) is 3.10. The van der Waals surface area contributed by atoms with Gasteiger partial charge in [0.1, 0.15) is 0 Å². The van der Waals surface area contributed by atoms with Crippen LogP contribution in [0.4, 0.5) is 0 Å². The predicted octanol–water partition coefficient (Wildman–Crippen LogP) is 3.01. The Labute approximate surface area is 82.7 Å². The zero-order valence-electron chi connectivity index (χ0n) is 6.06. The Bertz CT molecular complexity index is 271. The molecule has 1 N–H and O–H groups in total. The van der Waals surface area contributed by atoms with Gasteiger partial charge in [0.2, 0.25) is 0 Å². The highest BCUT2D eigenvalue weighted by Gasteiger charge is 2.04. The highest BCUT2D eigenvalue weighted by Crippen LogP contribution is 2.28. The molecule has 1 nitrogen and oxygen atoms in total. The van der Waals surface area contributed by atoms with E-state index in [1.165, 1.54) is 0 Å². The van der Waals surface area contributed by atoms with Crippen molar-refractivity contribution in [2.45, 2.75) is 13.5 Å². The summed E-state index contributed by atoms with van der Waals surface area (Å²) < 4.78 is 1.92. The van der Waals surface area contributed by atoms with Crippen molar-refractivity contribution in [3.05, 3.63) is 32.2 Å². The summed E-state index contributed by atoms with van der Waals surface area (Å²) >= 11 is 6.75. The molecule has 0 spiro atoms. The average Bonchev–Trinajstić information content (AvgIpc) is 1.99. The van der Waals surface area contributed by atoms with Crippen molar-refractivity contribution in [3.63, 3.8) is 0 Å². The maximum absolute atomic E-state index is 8.96. The number of aliphatic hydroxyl groups excluding tert-OH is 1. The number of aryl methyl sites for hydroxylation is 1. The minimum Gasteiger partial charge on any atom is -0.392 e. The molecule has 0 aliphatic rings. The van der Waals surface area contributed by atoms with Gasteiger partial charge in [0, 0.05) is 14.5 Å². The molecular formula is C8H8Br2O. The summed E-state index contributed by atoms with van der Waals surface area (Å²) in [6, 6.07) is 3.93. The van der Waals surface area contributed by atoms with Crippen LogP contribution < -0.4 is 0 Å². The smallest absolute Gasteiger partial charge is 0.0704 e. The number of aliphatic hydroxyl groups is 1. The van der Waals surface area contributed by atoms with Crippen molar-refractivity contribution in [2.75, 3.05) is 0 Å². The molecule has 60 valence electrons. The molecule has 0 amide bonds. The van der Waals surface area contributed by atoms with Crippen molar-refractivity contribution in [2.24, 2.45) is 0 Å². The van der Waals surface area contributed by atoms with Gasteiger partial charge in [0.25, 0.3) is 0 Å². The van der Waals surface area contributed by atoms with Crippen LogP contribution in [0.1, 0.15) is 11.1 Å². The van der Waals surface area contributed by atoms with Gasteiger partial charge in [-0.15, -0.1) is 0 Å². The van der Waals surface area contributed by atoms with Crippen LogP contribution in [0, 0.1) is 6.92 Å². The molecule has 0 atom stereocenters. The molecule has 0 radical (unpaired) electrons. The molecule has 0 fully saturated rings. The largest absolute Gasteiger partial charge is 0.392 e. The van der Waals surface area contributed by atoms with E-state index in [9.17, 15) is 0 Å². The molecule has 0 saturated heterocycles. The molecule has 3 heteroatoms. The van der Waals surface area contributed by atoms with Crippen molar-refractivity contribution in [1.82, 2.24) is 0 Å². The Morgan fingerprint density at radius 2 is 2.00 bits per heavy atom. The van der Waals surface area contributed by atoms with Gasteiger partial charge in [0.05, 0.1) is 6.61 Å². The lowest BCUT2D eigenvalue weighted by molar-refractivity contribution is 0.280. The maximum atomic E-state index is 8.96. The van der Waals surface area contributed by atoms with Crippen molar-refractivity contribution >= 4 is 31.9 Å². The Morgan fingerprint density at radius 1 is 1.36 bits per heavy atom. The van der Waals surface area contributed by atoms with E-state index in [0.717, 1.165) is 20.1 Å². The van der Waals surface area contributed by atoms with E-state index in [1.807, 2.05) is 19.1 Å². The fourth-order valence-electron chi connectivity index (χ4n) is 0.860. The van der Waals surface area contributed by atoms with Crippen LogP contribution in [0.3, 0.4) is 0 Å². The van der Waals surface area contributed by atoms with E-state index in [4.69, 9.17) is 5.11 Å². The van der Waals surface area contributed by atoms with Crippen LogP contribution in [0.15, 0.2) is 21.1 Å². The third-order valence-corrected chi connectivity index (χ3v) is 3.38. The van der Waals surface area contributed by atoms with E-state index < -0.39 is 0 Å². The highest BCUT2D eigenvalue weighted by molar-refractivity contribution is 9.11. The maximum Gasteiger partial charge on any atom is 0.0704 e. The van der Waals surface area contributed by atoms with E-state index in [1.54, 1.807) is 0 Å². The monoisotopic (exact) mass is 278 g/mol. The minimum absolute atomic E-state index is 0.0584. The Hall–Kier alpha value is 0.140. The van der Waals surface area contributed by atoms with Gasteiger partial charge < -0.3 is 5.11 Å². The lowest BCUT2D eigenvalue weighted by Gasteiger charge is -2.05. The summed E-state index contributed by atoms with van der Waals surface area (Å²) in [5.41, 5.74) is 2.04. The van der Waals surface area contributed by atoms with Crippen LogP contribution >= 0.6 is 31.9 Å². The number of hydrogen-bond acceptors (Lipinski definition) is 1. The van der Waals surface area contributed by atoms with Gasteiger partial charge in [-0.25, -0.2) is 0 Å². The SMILES string of the molecule is Cc1ccc(Br)c(CO)c1Br. The Morgan fingerprint density at radius 3 is 2.45 bits per heavy atom. The lowest BCUT2D eigenvalue weighted by Crippen LogP contribution is -1.89. The van der Waals surface area contributed by atoms with Crippen LogP contribution in [0.25, 0.3) is 0 Å². The molecule has 0 bridgehead atoms. The molecule has 11 heavy (non-hydrogen) atoms. The molecular weight excluding hydrogens is 272 g/mol. The van der Waals surface area contributed by atoms with Gasteiger partial charge in [-0.1, -0.05) is 37.9 Å². The minimum atomic E-state index is 0.0584. The quantitative estimate of drug-likeness (QED) is 0.838. The van der Waals surface area contributed by atoms with E-state index in [-0.39, 0.29) is 6.61 Å². The zero-order valence-corrected chi connectivity index (χ0v) is 9.24. The fraction of sp³-hybridized carbons (Fsp3) is 0.250. The molecule has 0 aromatic heterocycles. The Balaban J connectivity index is 3.29. The average molecular weight is 280 g/mol. The number of halogens is 2. The normalized spacial score (nSPS) is 10.2. The first-order valence-electron chi connectivity index (χ1n) is 3.21. The summed E-state index contributed by atoms with van der Waals surface area (Å²) in [4.78, 5) is 0. The molecule has 1 aromatic rings. The molecule has 1 aromatic carbocycles. The highest BCUT2D eigenvalue weighted by atomic mass is 79.9. The number of rotatable bonds is 1. The molecule has 1 rings (SSSR count). The summed E-state index contributed by atoms with van der Waals surface area (Å²) in [6.07, 6.45) is 0. The fourth-order valence-corrected chi connectivity index (χ4v) is 2.05. The van der Waals surface area contributed by atoms with Crippen LogP contribution in [-0.2, 0) is 6.61 Å². The van der Waals surface area contributed by atoms with Crippen molar-refractivity contribution in [1.29, 1.82) is 0 Å². The van der Waals surface area contributed by atoms with Crippen LogP contribution in [-0.4, -0.2) is 5.11 Å². The van der Waals surface area contributed by atoms with E-state index >= 15 is 0 Å².